The van der Waals surface area contributed by atoms with Crippen LogP contribution in [0, 0.1) is 0 Å². The molecule has 0 nitrogen and oxygen atoms in total. The Morgan fingerprint density at radius 3 is 1.80 bits per heavy atom. The van der Waals surface area contributed by atoms with E-state index in [2.05, 4.69) is 6.55 Å². The summed E-state index contributed by atoms with van der Waals surface area (Å²) in [4.78, 5) is 0. The number of rotatable bonds is 0. The van der Waals surface area contributed by atoms with Crippen LogP contribution in [-0.4, -0.2) is 33.5 Å². The molecule has 1 aliphatic heterocycles. The van der Waals surface area contributed by atoms with Crippen LogP contribution in [0.25, 0.3) is 0 Å². The van der Waals surface area contributed by atoms with E-state index >= 15 is 0 Å². The molecule has 0 unspecified atom stereocenters. The van der Waals surface area contributed by atoms with E-state index in [9.17, 15) is 0 Å². The molecule has 0 spiro atoms. The Kier molecular flexibility index (Phi) is 1.25. The summed E-state index contributed by atoms with van der Waals surface area (Å²) in [5, 5.41) is 0. The average Bonchev–Trinajstić information content (AvgIpc) is 1.30. The van der Waals surface area contributed by atoms with Gasteiger partial charge in [-0.05, 0) is 25.7 Å². The van der Waals surface area contributed by atoms with E-state index in [4.69, 9.17) is 0 Å². The quantitative estimate of drug-likeness (QED) is 0.314. The summed E-state index contributed by atoms with van der Waals surface area (Å²) in [7, 11) is 3.01. The third-order valence-electron chi connectivity index (χ3n) is 1.39. The molecule has 0 atom stereocenters. The van der Waals surface area contributed by atoms with Crippen molar-refractivity contribution in [3.8, 4) is 0 Å². The van der Waals surface area contributed by atoms with Crippen LogP contribution in [-0.2, 0) is 0 Å². The zero-order valence-corrected chi connectivity index (χ0v) is 9.10. The summed E-state index contributed by atoms with van der Waals surface area (Å²) in [6.45, 7) is 2.61. The van der Waals surface area contributed by atoms with E-state index in [1.807, 2.05) is 0 Å². The summed E-state index contributed by atoms with van der Waals surface area (Å²) in [5.41, 5.74) is 0. The molecule has 4 heteroatoms. The normalized spacial score (nSPS) is 51.0. The topological polar surface area (TPSA) is 0 Å². The first kappa shape index (κ1) is 4.04. The fraction of sp³-hybridized carbons (Fsp3) is 1.00. The highest BCUT2D eigenvalue weighted by molar-refractivity contribution is 7.81. The van der Waals surface area contributed by atoms with Gasteiger partial charge in [0.1, 0.15) is 0 Å². The SMILES string of the molecule is C[SiH]1[SiH2][SiH2][SiH2]1. The van der Waals surface area contributed by atoms with Crippen molar-refractivity contribution in [2.24, 2.45) is 0 Å². The van der Waals surface area contributed by atoms with Crippen molar-refractivity contribution in [2.75, 3.05) is 0 Å². The molecule has 30 valence electrons. The van der Waals surface area contributed by atoms with Crippen LogP contribution in [0.2, 0.25) is 6.55 Å². The van der Waals surface area contributed by atoms with Crippen LogP contribution in [0.3, 0.4) is 0 Å². The zero-order chi connectivity index (χ0) is 3.70. The van der Waals surface area contributed by atoms with Crippen molar-refractivity contribution in [3.63, 3.8) is 0 Å². The Labute approximate surface area is 40.6 Å². The molecular weight excluding hydrogens is 124 g/mol. The maximum absolute atomic E-state index is 2.61. The predicted octanol–water partition coefficient (Wildman–Crippen LogP) is -2.81. The third-order valence-corrected chi connectivity index (χ3v) is 81.7. The van der Waals surface area contributed by atoms with Gasteiger partial charge in [0.15, 0.2) is 0 Å². The molecule has 0 aliphatic carbocycles. The predicted molar refractivity (Wildman–Crippen MR) is 38.6 cm³/mol. The molecule has 0 aromatic carbocycles. The molecule has 1 fully saturated rings. The zero-order valence-electron chi connectivity index (χ0n) is 3.70. The summed E-state index contributed by atoms with van der Waals surface area (Å²) >= 11 is 0. The molecule has 0 aromatic heterocycles. The van der Waals surface area contributed by atoms with E-state index in [-0.39, 0.29) is 0 Å². The maximum atomic E-state index is 2.61. The van der Waals surface area contributed by atoms with Crippen LogP contribution in [0.1, 0.15) is 0 Å². The van der Waals surface area contributed by atoms with Crippen LogP contribution < -0.4 is 0 Å². The molecule has 1 aliphatic rings. The Morgan fingerprint density at radius 1 is 1.40 bits per heavy atom. The van der Waals surface area contributed by atoms with Gasteiger partial charge in [0.2, 0.25) is 0 Å². The van der Waals surface area contributed by atoms with Crippen LogP contribution in [0.15, 0.2) is 0 Å². The van der Waals surface area contributed by atoms with Crippen molar-refractivity contribution < 1.29 is 0 Å². The molecule has 5 heavy (non-hydrogen) atoms. The van der Waals surface area contributed by atoms with Gasteiger partial charge in [-0.15, -0.1) is 0 Å². The van der Waals surface area contributed by atoms with Gasteiger partial charge in [0.05, 0.1) is 0 Å². The second-order valence-corrected chi connectivity index (χ2v) is 40.3. The molecule has 0 saturated carbocycles. The molecule has 1 rings (SSSR count). The third kappa shape index (κ3) is 0.849. The second-order valence-electron chi connectivity index (χ2n) is 2.04. The van der Waals surface area contributed by atoms with Crippen LogP contribution in [0.5, 0.6) is 0 Å². The molecule has 1 saturated heterocycles. The first-order valence-electron chi connectivity index (χ1n) is 2.39. The first-order valence-corrected chi connectivity index (χ1v) is 18.1. The standard InChI is InChI=1S/CH10Si4/c1-5-3-2-4-5/h5H,2-4H2,1H3. The Balaban J connectivity index is 2.08. The monoisotopic (exact) mass is 134 g/mol. The summed E-state index contributed by atoms with van der Waals surface area (Å²) in [5.74, 6) is 0. The largest absolute Gasteiger partial charge is 0.0770 e. The lowest BCUT2D eigenvalue weighted by Crippen LogP contribution is -2.48. The molecule has 0 N–H and O–H groups in total. The molecule has 1 heterocycles. The van der Waals surface area contributed by atoms with Crippen molar-refractivity contribution in [3.05, 3.63) is 0 Å². The van der Waals surface area contributed by atoms with E-state index in [0.29, 0.717) is 7.83 Å². The lowest BCUT2D eigenvalue weighted by molar-refractivity contribution is 2.33. The first-order chi connectivity index (χ1) is 2.39. The Bertz CT molecular complexity index is 30.6. The smallest absolute Gasteiger partial charge is 0.00317 e. The van der Waals surface area contributed by atoms with Crippen molar-refractivity contribution in [1.82, 2.24) is 0 Å². The van der Waals surface area contributed by atoms with E-state index in [0.717, 1.165) is 25.7 Å². The molecule has 0 amide bonds. The van der Waals surface area contributed by atoms with E-state index in [1.165, 1.54) is 0 Å². The van der Waals surface area contributed by atoms with Gasteiger partial charge < -0.3 is 0 Å². The van der Waals surface area contributed by atoms with Crippen molar-refractivity contribution in [2.45, 2.75) is 6.55 Å². The molecule has 0 bridgehead atoms. The minimum atomic E-state index is 0.370. The summed E-state index contributed by atoms with van der Waals surface area (Å²) in [6, 6.07) is 0. The lowest BCUT2D eigenvalue weighted by atomic mass is 11.9. The minimum absolute atomic E-state index is 0.370. The number of hydrogen-bond donors (Lipinski definition) is 0. The molecular formula is CH10Si4. The van der Waals surface area contributed by atoms with Gasteiger partial charge in [0.25, 0.3) is 0 Å². The second kappa shape index (κ2) is 1.54. The van der Waals surface area contributed by atoms with E-state index in [1.54, 1.807) is 0 Å². The van der Waals surface area contributed by atoms with Crippen molar-refractivity contribution in [1.29, 1.82) is 0 Å². The fourth-order valence-electron chi connectivity index (χ4n) is 0.612. The van der Waals surface area contributed by atoms with Crippen molar-refractivity contribution >= 4 is 33.5 Å². The van der Waals surface area contributed by atoms with Gasteiger partial charge in [-0.1, -0.05) is 6.55 Å². The van der Waals surface area contributed by atoms with Crippen LogP contribution in [0.4, 0.5) is 0 Å². The summed E-state index contributed by atoms with van der Waals surface area (Å²) in [6.07, 6.45) is 0. The molecule has 0 aromatic rings. The van der Waals surface area contributed by atoms with Gasteiger partial charge >= 0.3 is 0 Å². The highest BCUT2D eigenvalue weighted by Gasteiger charge is 2.13. The van der Waals surface area contributed by atoms with Gasteiger partial charge in [-0.2, -0.15) is 0 Å². The average molecular weight is 134 g/mol. The minimum Gasteiger partial charge on any atom is -0.0770 e. The van der Waals surface area contributed by atoms with Gasteiger partial charge in [-0.3, -0.25) is 0 Å². The highest BCUT2D eigenvalue weighted by atomic mass is 30.1. The maximum Gasteiger partial charge on any atom is 0.00317 e. The van der Waals surface area contributed by atoms with Gasteiger partial charge in [-0.25, -0.2) is 0 Å². The Hall–Kier alpha value is 0.868. The lowest BCUT2D eigenvalue weighted by Gasteiger charge is -2.14. The molecule has 0 radical (unpaired) electrons. The number of hydrogen-bond acceptors (Lipinski definition) is 0. The highest BCUT2D eigenvalue weighted by Crippen LogP contribution is 1.81. The van der Waals surface area contributed by atoms with Crippen LogP contribution >= 0.6 is 0 Å². The summed E-state index contributed by atoms with van der Waals surface area (Å²) < 4.78 is 0. The van der Waals surface area contributed by atoms with Gasteiger partial charge in [0, 0.05) is 7.83 Å². The van der Waals surface area contributed by atoms with E-state index < -0.39 is 0 Å². The Morgan fingerprint density at radius 2 is 1.80 bits per heavy atom. The fourth-order valence-corrected chi connectivity index (χ4v) is 49.6.